The van der Waals surface area contributed by atoms with Gasteiger partial charge in [-0.2, -0.15) is 5.26 Å². The Bertz CT molecular complexity index is 625. The van der Waals surface area contributed by atoms with E-state index in [0.717, 1.165) is 10.9 Å². The summed E-state index contributed by atoms with van der Waals surface area (Å²) in [7, 11) is 1.31. The van der Waals surface area contributed by atoms with Crippen molar-refractivity contribution in [2.75, 3.05) is 7.11 Å². The van der Waals surface area contributed by atoms with Gasteiger partial charge in [-0.05, 0) is 18.2 Å². The molecule has 86 valence electrons. The zero-order valence-electron chi connectivity index (χ0n) is 9.11. The minimum absolute atomic E-state index is 0.0777. The number of esters is 1. The Morgan fingerprint density at radius 2 is 2.29 bits per heavy atom. The van der Waals surface area contributed by atoms with Crippen molar-refractivity contribution in [3.8, 4) is 6.07 Å². The van der Waals surface area contributed by atoms with Crippen LogP contribution in [0.5, 0.6) is 0 Å². The molecule has 0 radical (unpaired) electrons. The summed E-state index contributed by atoms with van der Waals surface area (Å²) in [6, 6.07) is 8.97. The summed E-state index contributed by atoms with van der Waals surface area (Å²) in [4.78, 5) is 11.6. The molecule has 4 nitrogen and oxygen atoms in total. The SMILES string of the molecule is COC(=O)c1cc2ccc(Cl)cc2n1CC#N. The minimum Gasteiger partial charge on any atom is -0.464 e. The van der Waals surface area contributed by atoms with Gasteiger partial charge in [0.15, 0.2) is 0 Å². The standard InChI is InChI=1S/C12H9ClN2O2/c1-17-12(16)11-6-8-2-3-9(13)7-10(8)15(11)5-4-14/h2-3,6-7H,5H2,1H3. The second-order valence-corrected chi connectivity index (χ2v) is 3.90. The molecule has 2 rings (SSSR count). The molecule has 1 aromatic heterocycles. The van der Waals surface area contributed by atoms with Gasteiger partial charge in [0.25, 0.3) is 0 Å². The Balaban J connectivity index is 2.72. The number of carbonyl (C=O) groups is 1. The van der Waals surface area contributed by atoms with Gasteiger partial charge in [0.05, 0.1) is 18.7 Å². The van der Waals surface area contributed by atoms with Crippen LogP contribution in [0.1, 0.15) is 10.5 Å². The Morgan fingerprint density at radius 3 is 2.94 bits per heavy atom. The van der Waals surface area contributed by atoms with Crippen molar-refractivity contribution in [3.63, 3.8) is 0 Å². The number of fused-ring (bicyclic) bond motifs is 1. The van der Waals surface area contributed by atoms with Crippen molar-refractivity contribution in [2.45, 2.75) is 6.54 Å². The number of hydrogen-bond donors (Lipinski definition) is 0. The molecule has 0 aliphatic rings. The number of ether oxygens (including phenoxy) is 1. The number of methoxy groups -OCH3 is 1. The van der Waals surface area contributed by atoms with Crippen molar-refractivity contribution in [1.29, 1.82) is 5.26 Å². The number of halogens is 1. The Hall–Kier alpha value is -1.99. The Labute approximate surface area is 103 Å². The third-order valence-corrected chi connectivity index (χ3v) is 2.72. The van der Waals surface area contributed by atoms with Crippen LogP contribution in [-0.2, 0) is 11.3 Å². The van der Waals surface area contributed by atoms with Crippen LogP contribution in [0, 0.1) is 11.3 Å². The van der Waals surface area contributed by atoms with Crippen LogP contribution in [0.25, 0.3) is 10.9 Å². The summed E-state index contributed by atoms with van der Waals surface area (Å²) < 4.78 is 6.27. The quantitative estimate of drug-likeness (QED) is 0.768. The third-order valence-electron chi connectivity index (χ3n) is 2.49. The first-order chi connectivity index (χ1) is 8.17. The molecule has 1 aromatic carbocycles. The van der Waals surface area contributed by atoms with E-state index in [4.69, 9.17) is 16.9 Å². The van der Waals surface area contributed by atoms with Gasteiger partial charge in [0.2, 0.25) is 0 Å². The van der Waals surface area contributed by atoms with Crippen LogP contribution in [0.15, 0.2) is 24.3 Å². The first-order valence-corrected chi connectivity index (χ1v) is 5.29. The molecule has 0 atom stereocenters. The Kier molecular flexibility index (Phi) is 3.03. The smallest absolute Gasteiger partial charge is 0.354 e. The molecule has 17 heavy (non-hydrogen) atoms. The molecule has 0 amide bonds. The van der Waals surface area contributed by atoms with Crippen LogP contribution >= 0.6 is 11.6 Å². The lowest BCUT2D eigenvalue weighted by atomic mass is 10.2. The van der Waals surface area contributed by atoms with E-state index in [9.17, 15) is 4.79 Å². The zero-order valence-corrected chi connectivity index (χ0v) is 9.86. The minimum atomic E-state index is -0.465. The van der Waals surface area contributed by atoms with Gasteiger partial charge in [-0.3, -0.25) is 0 Å². The molecule has 0 unspecified atom stereocenters. The van der Waals surface area contributed by atoms with Crippen LogP contribution in [0.4, 0.5) is 0 Å². The van der Waals surface area contributed by atoms with Gasteiger partial charge in [-0.1, -0.05) is 17.7 Å². The van der Waals surface area contributed by atoms with Gasteiger partial charge in [-0.25, -0.2) is 4.79 Å². The van der Waals surface area contributed by atoms with Gasteiger partial charge < -0.3 is 9.30 Å². The number of nitriles is 1. The number of hydrogen-bond acceptors (Lipinski definition) is 3. The van der Waals surface area contributed by atoms with Crippen molar-refractivity contribution in [2.24, 2.45) is 0 Å². The molecule has 0 N–H and O–H groups in total. The average Bonchev–Trinajstić information content (AvgIpc) is 2.67. The maximum Gasteiger partial charge on any atom is 0.354 e. The molecule has 2 aromatic rings. The molecule has 0 fully saturated rings. The average molecular weight is 249 g/mol. The van der Waals surface area contributed by atoms with E-state index in [1.807, 2.05) is 6.07 Å². The Morgan fingerprint density at radius 1 is 1.53 bits per heavy atom. The highest BCUT2D eigenvalue weighted by atomic mass is 35.5. The van der Waals surface area contributed by atoms with Crippen molar-refractivity contribution < 1.29 is 9.53 Å². The van der Waals surface area contributed by atoms with Crippen LogP contribution in [0.2, 0.25) is 5.02 Å². The molecule has 0 bridgehead atoms. The number of nitrogens with zero attached hydrogens (tertiary/aromatic N) is 2. The van der Waals surface area contributed by atoms with E-state index in [0.29, 0.717) is 10.7 Å². The van der Waals surface area contributed by atoms with E-state index in [2.05, 4.69) is 4.74 Å². The lowest BCUT2D eigenvalue weighted by molar-refractivity contribution is 0.0590. The first-order valence-electron chi connectivity index (χ1n) is 4.91. The van der Waals surface area contributed by atoms with E-state index in [1.165, 1.54) is 7.11 Å². The predicted molar refractivity (Wildman–Crippen MR) is 63.9 cm³/mol. The first kappa shape index (κ1) is 11.5. The fourth-order valence-electron chi connectivity index (χ4n) is 1.74. The third kappa shape index (κ3) is 1.97. The van der Waals surface area contributed by atoms with Gasteiger partial charge in [0.1, 0.15) is 12.2 Å². The van der Waals surface area contributed by atoms with E-state index < -0.39 is 5.97 Å². The van der Waals surface area contributed by atoms with E-state index >= 15 is 0 Å². The number of carbonyl (C=O) groups excluding carboxylic acids is 1. The van der Waals surface area contributed by atoms with Crippen LogP contribution < -0.4 is 0 Å². The highest BCUT2D eigenvalue weighted by Crippen LogP contribution is 2.23. The molecular formula is C12H9ClN2O2. The summed E-state index contributed by atoms with van der Waals surface area (Å²) >= 11 is 5.90. The number of benzene rings is 1. The molecule has 0 aliphatic heterocycles. The molecule has 0 saturated heterocycles. The largest absolute Gasteiger partial charge is 0.464 e. The monoisotopic (exact) mass is 248 g/mol. The molecule has 0 spiro atoms. The fraction of sp³-hybridized carbons (Fsp3) is 0.167. The molecular weight excluding hydrogens is 240 g/mol. The maximum absolute atomic E-state index is 11.6. The van der Waals surface area contributed by atoms with Crippen molar-refractivity contribution in [3.05, 3.63) is 35.0 Å². The van der Waals surface area contributed by atoms with Crippen molar-refractivity contribution in [1.82, 2.24) is 4.57 Å². The molecule has 0 saturated carbocycles. The topological polar surface area (TPSA) is 55.0 Å². The van der Waals surface area contributed by atoms with E-state index in [1.54, 1.807) is 28.8 Å². The normalized spacial score (nSPS) is 10.2. The van der Waals surface area contributed by atoms with Crippen LogP contribution in [0.3, 0.4) is 0 Å². The second-order valence-electron chi connectivity index (χ2n) is 3.47. The summed E-state index contributed by atoms with van der Waals surface area (Å²) in [6.45, 7) is 0.0777. The molecule has 5 heteroatoms. The van der Waals surface area contributed by atoms with E-state index in [-0.39, 0.29) is 6.54 Å². The lowest BCUT2D eigenvalue weighted by Crippen LogP contribution is -2.09. The molecule has 0 aliphatic carbocycles. The maximum atomic E-state index is 11.6. The fourth-order valence-corrected chi connectivity index (χ4v) is 1.91. The van der Waals surface area contributed by atoms with Gasteiger partial charge in [-0.15, -0.1) is 0 Å². The zero-order chi connectivity index (χ0) is 12.4. The number of rotatable bonds is 2. The predicted octanol–water partition coefficient (Wildman–Crippen LogP) is 2.60. The second kappa shape index (κ2) is 4.48. The van der Waals surface area contributed by atoms with Crippen molar-refractivity contribution >= 4 is 28.5 Å². The molecule has 1 heterocycles. The lowest BCUT2D eigenvalue weighted by Gasteiger charge is -2.04. The summed E-state index contributed by atoms with van der Waals surface area (Å²) in [6.07, 6.45) is 0. The highest BCUT2D eigenvalue weighted by molar-refractivity contribution is 6.31. The van der Waals surface area contributed by atoms with Gasteiger partial charge >= 0.3 is 5.97 Å². The highest BCUT2D eigenvalue weighted by Gasteiger charge is 2.15. The summed E-state index contributed by atoms with van der Waals surface area (Å²) in [5, 5.41) is 10.2. The van der Waals surface area contributed by atoms with Gasteiger partial charge in [0, 0.05) is 10.4 Å². The summed E-state index contributed by atoms with van der Waals surface area (Å²) in [5.74, 6) is -0.465. The number of aromatic nitrogens is 1. The summed E-state index contributed by atoms with van der Waals surface area (Å²) in [5.41, 5.74) is 1.10. The van der Waals surface area contributed by atoms with Crippen LogP contribution in [-0.4, -0.2) is 17.6 Å².